The number of hydrogen-bond acceptors (Lipinski definition) is 3. The summed E-state index contributed by atoms with van der Waals surface area (Å²) in [5, 5.41) is 15.9. The standard InChI is InChI=1S/2C7H8.C3H6O3/c2*1-7-5-3-2-4-6-7;4-1-3(6)2-5/h2*2-6H,1H3;1,3,5-6H,2H2. The summed E-state index contributed by atoms with van der Waals surface area (Å²) in [7, 11) is 0. The molecule has 0 aliphatic heterocycles. The number of aliphatic hydroxyl groups is 2. The topological polar surface area (TPSA) is 57.5 Å². The molecule has 20 heavy (non-hydrogen) atoms. The van der Waals surface area contributed by atoms with Crippen molar-refractivity contribution in [3.05, 3.63) is 71.8 Å². The Morgan fingerprint density at radius 1 is 0.900 bits per heavy atom. The van der Waals surface area contributed by atoms with Crippen LogP contribution in [0.5, 0.6) is 0 Å². The molecule has 0 fully saturated rings. The fraction of sp³-hybridized carbons (Fsp3) is 0.235. The lowest BCUT2D eigenvalue weighted by molar-refractivity contribution is -0.116. The zero-order valence-electron chi connectivity index (χ0n) is 11.9. The van der Waals surface area contributed by atoms with Crippen LogP contribution in [0.4, 0.5) is 0 Å². The molecule has 0 radical (unpaired) electrons. The van der Waals surface area contributed by atoms with Crippen LogP contribution in [0.2, 0.25) is 0 Å². The number of aryl methyl sites for hydroxylation is 2. The molecule has 2 N–H and O–H groups in total. The number of aliphatic hydroxyl groups excluding tert-OH is 2. The summed E-state index contributed by atoms with van der Waals surface area (Å²) in [4.78, 5) is 9.33. The van der Waals surface area contributed by atoms with Crippen molar-refractivity contribution in [2.75, 3.05) is 6.61 Å². The number of carbonyl (C=O) groups is 1. The summed E-state index contributed by atoms with van der Waals surface area (Å²) >= 11 is 0. The van der Waals surface area contributed by atoms with Crippen molar-refractivity contribution in [3.63, 3.8) is 0 Å². The van der Waals surface area contributed by atoms with Gasteiger partial charge in [-0.1, -0.05) is 71.8 Å². The predicted molar refractivity (Wildman–Crippen MR) is 81.5 cm³/mol. The molecule has 0 amide bonds. The Hall–Kier alpha value is -1.97. The van der Waals surface area contributed by atoms with Gasteiger partial charge in [0.25, 0.3) is 0 Å². The highest BCUT2D eigenvalue weighted by atomic mass is 16.3. The van der Waals surface area contributed by atoms with Crippen LogP contribution in [-0.4, -0.2) is 29.2 Å². The van der Waals surface area contributed by atoms with E-state index >= 15 is 0 Å². The SMILES string of the molecule is Cc1ccccc1.Cc1ccccc1.O=CC(O)CO. The van der Waals surface area contributed by atoms with Crippen molar-refractivity contribution in [3.8, 4) is 0 Å². The van der Waals surface area contributed by atoms with Crippen LogP contribution in [0.3, 0.4) is 0 Å². The van der Waals surface area contributed by atoms with Crippen LogP contribution in [0.25, 0.3) is 0 Å². The van der Waals surface area contributed by atoms with Gasteiger partial charge in [0, 0.05) is 0 Å². The molecule has 3 heteroatoms. The molecule has 3 nitrogen and oxygen atoms in total. The minimum atomic E-state index is -1.19. The molecule has 0 bridgehead atoms. The van der Waals surface area contributed by atoms with Crippen LogP contribution in [0.15, 0.2) is 60.7 Å². The lowest BCUT2D eigenvalue weighted by Crippen LogP contribution is -2.12. The third kappa shape index (κ3) is 11.1. The maximum atomic E-state index is 9.33. The van der Waals surface area contributed by atoms with Gasteiger partial charge in [-0.3, -0.25) is 0 Å². The Labute approximate surface area is 120 Å². The number of benzene rings is 2. The van der Waals surface area contributed by atoms with E-state index in [-0.39, 0.29) is 6.29 Å². The van der Waals surface area contributed by atoms with Crippen LogP contribution in [0.1, 0.15) is 11.1 Å². The molecule has 2 aromatic carbocycles. The molecular formula is C17H22O3. The minimum Gasteiger partial charge on any atom is -0.393 e. The van der Waals surface area contributed by atoms with Crippen molar-refractivity contribution >= 4 is 6.29 Å². The fourth-order valence-electron chi connectivity index (χ4n) is 1.11. The average molecular weight is 274 g/mol. The number of aldehydes is 1. The molecule has 0 aliphatic rings. The molecular weight excluding hydrogens is 252 g/mol. The maximum absolute atomic E-state index is 9.33. The van der Waals surface area contributed by atoms with Crippen LogP contribution in [0, 0.1) is 13.8 Å². The van der Waals surface area contributed by atoms with Gasteiger partial charge in [0.2, 0.25) is 0 Å². The Morgan fingerprint density at radius 3 is 1.35 bits per heavy atom. The van der Waals surface area contributed by atoms with E-state index in [2.05, 4.69) is 38.1 Å². The smallest absolute Gasteiger partial charge is 0.150 e. The first-order valence-electron chi connectivity index (χ1n) is 6.37. The van der Waals surface area contributed by atoms with E-state index in [1.807, 2.05) is 36.4 Å². The van der Waals surface area contributed by atoms with Gasteiger partial charge >= 0.3 is 0 Å². The number of carbonyl (C=O) groups excluding carboxylic acids is 1. The molecule has 2 rings (SSSR count). The summed E-state index contributed by atoms with van der Waals surface area (Å²) in [6.45, 7) is 3.68. The molecule has 1 atom stereocenters. The first kappa shape index (κ1) is 18.0. The Balaban J connectivity index is 0.000000272. The van der Waals surface area contributed by atoms with Crippen LogP contribution < -0.4 is 0 Å². The monoisotopic (exact) mass is 274 g/mol. The second kappa shape index (κ2) is 12.1. The highest BCUT2D eigenvalue weighted by molar-refractivity contribution is 5.55. The third-order valence-corrected chi connectivity index (χ3v) is 2.23. The average Bonchev–Trinajstić information content (AvgIpc) is 2.49. The van der Waals surface area contributed by atoms with E-state index < -0.39 is 12.7 Å². The van der Waals surface area contributed by atoms with Gasteiger partial charge in [-0.25, -0.2) is 0 Å². The summed E-state index contributed by atoms with van der Waals surface area (Å²) in [5.41, 5.74) is 2.64. The predicted octanol–water partition coefficient (Wildman–Crippen LogP) is 2.53. The quantitative estimate of drug-likeness (QED) is 0.827. The first-order chi connectivity index (χ1) is 9.60. The van der Waals surface area contributed by atoms with E-state index in [1.54, 1.807) is 0 Å². The second-order valence-electron chi connectivity index (χ2n) is 4.20. The van der Waals surface area contributed by atoms with E-state index in [1.165, 1.54) is 11.1 Å². The summed E-state index contributed by atoms with van der Waals surface area (Å²) < 4.78 is 0. The zero-order valence-corrected chi connectivity index (χ0v) is 11.9. The van der Waals surface area contributed by atoms with Crippen LogP contribution in [-0.2, 0) is 4.79 Å². The highest BCUT2D eigenvalue weighted by Gasteiger charge is 1.92. The van der Waals surface area contributed by atoms with Gasteiger partial charge in [0.05, 0.1) is 6.61 Å². The largest absolute Gasteiger partial charge is 0.393 e. The van der Waals surface area contributed by atoms with Gasteiger partial charge in [0.15, 0.2) is 6.29 Å². The van der Waals surface area contributed by atoms with E-state index in [0.717, 1.165) is 0 Å². The number of hydrogen-bond donors (Lipinski definition) is 2. The minimum absolute atomic E-state index is 0.278. The normalized spacial score (nSPS) is 10.2. The lowest BCUT2D eigenvalue weighted by atomic mass is 10.2. The molecule has 0 saturated heterocycles. The van der Waals surface area contributed by atoms with Gasteiger partial charge in [-0.05, 0) is 13.8 Å². The van der Waals surface area contributed by atoms with Crippen molar-refractivity contribution in [2.45, 2.75) is 20.0 Å². The van der Waals surface area contributed by atoms with Crippen LogP contribution >= 0.6 is 0 Å². The first-order valence-corrected chi connectivity index (χ1v) is 6.37. The fourth-order valence-corrected chi connectivity index (χ4v) is 1.11. The summed E-state index contributed by atoms with van der Waals surface area (Å²) in [5.74, 6) is 0. The van der Waals surface area contributed by atoms with Crippen molar-refractivity contribution < 1.29 is 15.0 Å². The van der Waals surface area contributed by atoms with Crippen molar-refractivity contribution in [2.24, 2.45) is 0 Å². The van der Waals surface area contributed by atoms with E-state index in [4.69, 9.17) is 10.2 Å². The lowest BCUT2D eigenvalue weighted by Gasteiger charge is -1.89. The molecule has 108 valence electrons. The van der Waals surface area contributed by atoms with Gasteiger partial charge < -0.3 is 15.0 Å². The molecule has 0 aromatic heterocycles. The van der Waals surface area contributed by atoms with Crippen molar-refractivity contribution in [1.29, 1.82) is 0 Å². The summed E-state index contributed by atoms with van der Waals surface area (Å²) in [6, 6.07) is 20.5. The summed E-state index contributed by atoms with van der Waals surface area (Å²) in [6.07, 6.45) is -0.912. The van der Waals surface area contributed by atoms with Gasteiger partial charge in [-0.15, -0.1) is 0 Å². The highest BCUT2D eigenvalue weighted by Crippen LogP contribution is 1.92. The molecule has 0 heterocycles. The Morgan fingerprint density at radius 2 is 1.25 bits per heavy atom. The van der Waals surface area contributed by atoms with Gasteiger partial charge in [-0.2, -0.15) is 0 Å². The Kier molecular flexibility index (Phi) is 10.9. The van der Waals surface area contributed by atoms with Crippen molar-refractivity contribution in [1.82, 2.24) is 0 Å². The molecule has 1 unspecified atom stereocenters. The molecule has 0 saturated carbocycles. The number of rotatable bonds is 2. The molecule has 0 aliphatic carbocycles. The molecule has 2 aromatic rings. The van der Waals surface area contributed by atoms with Gasteiger partial charge in [0.1, 0.15) is 6.10 Å². The van der Waals surface area contributed by atoms with E-state index in [0.29, 0.717) is 0 Å². The van der Waals surface area contributed by atoms with E-state index in [9.17, 15) is 4.79 Å². The molecule has 0 spiro atoms. The third-order valence-electron chi connectivity index (χ3n) is 2.23. The maximum Gasteiger partial charge on any atom is 0.150 e. The second-order valence-corrected chi connectivity index (χ2v) is 4.20. The zero-order chi connectivity index (χ0) is 15.2. The Bertz CT molecular complexity index is 403.